The average molecular weight is 162 g/mol. The Kier molecular flexibility index (Phi) is 5.10. The van der Waals surface area contributed by atoms with Crippen molar-refractivity contribution >= 4 is 11.9 Å². The molecule has 5 nitrogen and oxygen atoms in total. The first-order chi connectivity index (χ1) is 5.16. The molecule has 0 aliphatic heterocycles. The predicted molar refractivity (Wildman–Crippen MR) is 34.6 cm³/mol. The monoisotopic (exact) mass is 162 g/mol. The quantitative estimate of drug-likeness (QED) is 0.322. The third-order valence-corrected chi connectivity index (χ3v) is 0.793. The van der Waals surface area contributed by atoms with Crippen molar-refractivity contribution in [1.29, 1.82) is 0 Å². The number of hydrogen-bond donors (Lipinski definition) is 0. The summed E-state index contributed by atoms with van der Waals surface area (Å²) in [5.41, 5.74) is 0. The fraction of sp³-hybridized carbons (Fsp3) is 0.667. The Labute approximate surface area is 64.2 Å². The number of rotatable bonds is 4. The summed E-state index contributed by atoms with van der Waals surface area (Å²) in [6.45, 7) is 0.829. The summed E-state index contributed by atoms with van der Waals surface area (Å²) in [6, 6.07) is 0. The highest BCUT2D eigenvalue weighted by Crippen LogP contribution is 1.81. The smallest absolute Gasteiger partial charge is 0.331 e. The number of methoxy groups -OCH3 is 1. The van der Waals surface area contributed by atoms with Crippen molar-refractivity contribution in [1.82, 2.24) is 0 Å². The maximum atomic E-state index is 10.4. The van der Waals surface area contributed by atoms with Crippen LogP contribution in [0.25, 0.3) is 0 Å². The van der Waals surface area contributed by atoms with Crippen LogP contribution in [0, 0.1) is 0 Å². The van der Waals surface area contributed by atoms with Crippen molar-refractivity contribution in [2.75, 3.05) is 20.5 Å². The highest BCUT2D eigenvalue weighted by Gasteiger charge is 1.99. The molecule has 0 radical (unpaired) electrons. The molecule has 0 N–H and O–H groups in total. The summed E-state index contributed by atoms with van der Waals surface area (Å²) in [5.74, 6) is -0.952. The molecule has 11 heavy (non-hydrogen) atoms. The summed E-state index contributed by atoms with van der Waals surface area (Å²) >= 11 is 0. The molecule has 0 rings (SSSR count). The second-order valence-corrected chi connectivity index (χ2v) is 1.68. The molecule has 0 aromatic carbocycles. The lowest BCUT2D eigenvalue weighted by atomic mass is 10.7. The summed E-state index contributed by atoms with van der Waals surface area (Å²) in [5, 5.41) is 0. The van der Waals surface area contributed by atoms with E-state index in [0.29, 0.717) is 0 Å². The molecular weight excluding hydrogens is 152 g/mol. The molecule has 0 aromatic rings. The Morgan fingerprint density at radius 2 is 2.00 bits per heavy atom. The molecule has 0 aliphatic carbocycles. The summed E-state index contributed by atoms with van der Waals surface area (Å²) in [4.78, 5) is 20.5. The molecule has 64 valence electrons. The Hall–Kier alpha value is -1.10. The van der Waals surface area contributed by atoms with Gasteiger partial charge >= 0.3 is 11.9 Å². The van der Waals surface area contributed by atoms with Crippen LogP contribution in [0.4, 0.5) is 0 Å². The van der Waals surface area contributed by atoms with Crippen LogP contribution in [0.1, 0.15) is 6.92 Å². The molecule has 0 atom stereocenters. The molecule has 0 aromatic heterocycles. The fourth-order valence-corrected chi connectivity index (χ4v) is 0.309. The maximum absolute atomic E-state index is 10.4. The van der Waals surface area contributed by atoms with E-state index in [2.05, 4.69) is 14.2 Å². The first kappa shape index (κ1) is 9.90. The minimum absolute atomic E-state index is 0.205. The van der Waals surface area contributed by atoms with Gasteiger partial charge in [0.05, 0.1) is 7.11 Å². The van der Waals surface area contributed by atoms with Crippen LogP contribution in [0.15, 0.2) is 0 Å². The van der Waals surface area contributed by atoms with Crippen LogP contribution < -0.4 is 0 Å². The van der Waals surface area contributed by atoms with E-state index in [9.17, 15) is 9.59 Å². The molecule has 0 saturated heterocycles. The van der Waals surface area contributed by atoms with Gasteiger partial charge in [0.1, 0.15) is 6.61 Å². The van der Waals surface area contributed by atoms with E-state index in [1.54, 1.807) is 0 Å². The van der Waals surface area contributed by atoms with Gasteiger partial charge in [-0.1, -0.05) is 0 Å². The Morgan fingerprint density at radius 1 is 1.36 bits per heavy atom. The van der Waals surface area contributed by atoms with Crippen molar-refractivity contribution in [3.8, 4) is 0 Å². The Morgan fingerprint density at radius 3 is 2.45 bits per heavy atom. The first-order valence-electron chi connectivity index (χ1n) is 2.94. The van der Waals surface area contributed by atoms with E-state index in [0.717, 1.165) is 0 Å². The van der Waals surface area contributed by atoms with Crippen LogP contribution >= 0.6 is 0 Å². The van der Waals surface area contributed by atoms with Crippen LogP contribution in [0.2, 0.25) is 0 Å². The number of carbonyl (C=O) groups is 2. The van der Waals surface area contributed by atoms with Gasteiger partial charge in [-0.15, -0.1) is 0 Å². The minimum Gasteiger partial charge on any atom is -0.467 e. The van der Waals surface area contributed by atoms with Gasteiger partial charge in [0.25, 0.3) is 0 Å². The molecule has 0 amide bonds. The van der Waals surface area contributed by atoms with Crippen molar-refractivity contribution in [2.45, 2.75) is 6.92 Å². The minimum atomic E-state index is -0.503. The molecule has 0 aliphatic rings. The van der Waals surface area contributed by atoms with Gasteiger partial charge in [-0.05, 0) is 0 Å². The topological polar surface area (TPSA) is 61.8 Å². The van der Waals surface area contributed by atoms with Gasteiger partial charge in [-0.3, -0.25) is 4.79 Å². The first-order valence-corrected chi connectivity index (χ1v) is 2.94. The molecule has 0 fully saturated rings. The standard InChI is InChI=1S/C6H10O5/c1-5(7)11-4-10-3-6(8)9-2/h3-4H2,1-2H3. The van der Waals surface area contributed by atoms with E-state index < -0.39 is 11.9 Å². The zero-order valence-corrected chi connectivity index (χ0v) is 6.46. The Bertz CT molecular complexity index is 142. The maximum Gasteiger partial charge on any atom is 0.331 e. The van der Waals surface area contributed by atoms with Gasteiger partial charge < -0.3 is 14.2 Å². The van der Waals surface area contributed by atoms with Crippen LogP contribution in [-0.2, 0) is 23.8 Å². The zero-order chi connectivity index (χ0) is 8.69. The molecule has 0 saturated carbocycles. The summed E-state index contributed by atoms with van der Waals surface area (Å²) in [7, 11) is 1.25. The SMILES string of the molecule is COC(=O)COCOC(C)=O. The third-order valence-electron chi connectivity index (χ3n) is 0.793. The van der Waals surface area contributed by atoms with Gasteiger partial charge in [0.15, 0.2) is 6.79 Å². The van der Waals surface area contributed by atoms with Gasteiger partial charge in [-0.25, -0.2) is 4.79 Å². The molecule has 0 bridgehead atoms. The molecule has 0 heterocycles. The van der Waals surface area contributed by atoms with E-state index in [4.69, 9.17) is 0 Å². The van der Waals surface area contributed by atoms with Gasteiger partial charge in [0, 0.05) is 6.92 Å². The van der Waals surface area contributed by atoms with Crippen LogP contribution in [0.3, 0.4) is 0 Å². The fourth-order valence-electron chi connectivity index (χ4n) is 0.309. The van der Waals surface area contributed by atoms with Crippen molar-refractivity contribution in [3.05, 3.63) is 0 Å². The molecule has 5 heteroatoms. The van der Waals surface area contributed by atoms with Gasteiger partial charge in [-0.2, -0.15) is 0 Å². The second kappa shape index (κ2) is 5.67. The molecule has 0 spiro atoms. The van der Waals surface area contributed by atoms with E-state index >= 15 is 0 Å². The normalized spacial score (nSPS) is 8.91. The predicted octanol–water partition coefficient (Wildman–Crippen LogP) is -0.303. The average Bonchev–Trinajstić information content (AvgIpc) is 1.97. The Balaban J connectivity index is 3.14. The summed E-state index contributed by atoms with van der Waals surface area (Å²) < 4.78 is 13.2. The zero-order valence-electron chi connectivity index (χ0n) is 6.46. The largest absolute Gasteiger partial charge is 0.467 e. The van der Waals surface area contributed by atoms with E-state index in [1.807, 2.05) is 0 Å². The van der Waals surface area contributed by atoms with Crippen LogP contribution in [0.5, 0.6) is 0 Å². The van der Waals surface area contributed by atoms with Crippen LogP contribution in [-0.4, -0.2) is 32.4 Å². The van der Waals surface area contributed by atoms with Gasteiger partial charge in [0.2, 0.25) is 0 Å². The second-order valence-electron chi connectivity index (χ2n) is 1.68. The highest BCUT2D eigenvalue weighted by molar-refractivity contribution is 5.70. The number of ether oxygens (including phenoxy) is 3. The summed E-state index contributed by atoms with van der Waals surface area (Å²) in [6.07, 6.45) is 0. The van der Waals surface area contributed by atoms with Crippen molar-refractivity contribution in [3.63, 3.8) is 0 Å². The van der Waals surface area contributed by atoms with E-state index in [1.165, 1.54) is 14.0 Å². The lowest BCUT2D eigenvalue weighted by Crippen LogP contribution is -2.13. The van der Waals surface area contributed by atoms with Crippen molar-refractivity contribution < 1.29 is 23.8 Å². The third kappa shape index (κ3) is 6.79. The number of carbonyl (C=O) groups excluding carboxylic acids is 2. The lowest BCUT2D eigenvalue weighted by Gasteiger charge is -2.01. The highest BCUT2D eigenvalue weighted by atomic mass is 16.7. The molecular formula is C6H10O5. The number of hydrogen-bond acceptors (Lipinski definition) is 5. The lowest BCUT2D eigenvalue weighted by molar-refractivity contribution is -0.162. The van der Waals surface area contributed by atoms with E-state index in [-0.39, 0.29) is 13.4 Å². The van der Waals surface area contributed by atoms with Crippen molar-refractivity contribution in [2.24, 2.45) is 0 Å². The molecule has 0 unspecified atom stereocenters. The number of esters is 2.